The second-order valence-corrected chi connectivity index (χ2v) is 5.62. The van der Waals surface area contributed by atoms with E-state index < -0.39 is 5.56 Å². The Hall–Kier alpha value is -4.23. The lowest BCUT2D eigenvalue weighted by molar-refractivity contribution is 1.08. The molecule has 7 nitrogen and oxygen atoms in total. The van der Waals surface area contributed by atoms with Crippen molar-refractivity contribution < 1.29 is 0 Å². The maximum absolute atomic E-state index is 12.2. The van der Waals surface area contributed by atoms with Crippen molar-refractivity contribution in [2.45, 2.75) is 6.92 Å². The zero-order chi connectivity index (χ0) is 19.2. The largest absolute Gasteiger partial charge is 0.290 e. The highest BCUT2D eigenvalue weighted by atomic mass is 16.1. The van der Waals surface area contributed by atoms with Crippen LogP contribution in [0.3, 0.4) is 0 Å². The van der Waals surface area contributed by atoms with Crippen LogP contribution in [0, 0.1) is 29.6 Å². The molecule has 1 heterocycles. The van der Waals surface area contributed by atoms with Gasteiger partial charge >= 0.3 is 0 Å². The summed E-state index contributed by atoms with van der Waals surface area (Å²) in [5.74, 6) is 0.114. The van der Waals surface area contributed by atoms with Gasteiger partial charge in [-0.2, -0.15) is 15.6 Å². The van der Waals surface area contributed by atoms with Gasteiger partial charge in [-0.25, -0.2) is 10.4 Å². The van der Waals surface area contributed by atoms with E-state index in [1.165, 1.54) is 6.21 Å². The third kappa shape index (κ3) is 3.73. The molecule has 7 heteroatoms. The summed E-state index contributed by atoms with van der Waals surface area (Å²) in [7, 11) is 0. The van der Waals surface area contributed by atoms with Gasteiger partial charge in [0.25, 0.3) is 5.56 Å². The molecule has 130 valence electrons. The van der Waals surface area contributed by atoms with Crippen LogP contribution >= 0.6 is 0 Å². The van der Waals surface area contributed by atoms with E-state index in [-0.39, 0.29) is 17.2 Å². The predicted molar refractivity (Wildman–Crippen MR) is 102 cm³/mol. The molecule has 0 saturated carbocycles. The van der Waals surface area contributed by atoms with Gasteiger partial charge in [-0.15, -0.1) is 0 Å². The van der Waals surface area contributed by atoms with Gasteiger partial charge < -0.3 is 0 Å². The number of benzene rings is 2. The molecule has 3 aromatic rings. The van der Waals surface area contributed by atoms with Gasteiger partial charge in [0, 0.05) is 5.56 Å². The van der Waals surface area contributed by atoms with Gasteiger partial charge in [0.05, 0.1) is 23.5 Å². The van der Waals surface area contributed by atoms with E-state index in [9.17, 15) is 10.1 Å². The highest BCUT2D eigenvalue weighted by Crippen LogP contribution is 2.19. The topological polar surface area (TPSA) is 118 Å². The Bertz CT molecular complexity index is 1150. The van der Waals surface area contributed by atoms with E-state index in [1.54, 1.807) is 36.4 Å². The Balaban J connectivity index is 1.93. The molecule has 0 amide bonds. The molecule has 0 fully saturated rings. The van der Waals surface area contributed by atoms with E-state index in [4.69, 9.17) is 5.26 Å². The molecule has 2 aromatic carbocycles. The van der Waals surface area contributed by atoms with Gasteiger partial charge in [0.1, 0.15) is 11.6 Å². The monoisotopic (exact) mass is 354 g/mol. The number of nitriles is 2. The summed E-state index contributed by atoms with van der Waals surface area (Å²) in [4.78, 5) is 19.0. The molecule has 0 spiro atoms. The lowest BCUT2D eigenvalue weighted by atomic mass is 10.0. The van der Waals surface area contributed by atoms with Crippen LogP contribution in [-0.4, -0.2) is 16.2 Å². The lowest BCUT2D eigenvalue weighted by Crippen LogP contribution is -2.16. The van der Waals surface area contributed by atoms with Crippen molar-refractivity contribution in [1.82, 2.24) is 9.97 Å². The summed E-state index contributed by atoms with van der Waals surface area (Å²) < 4.78 is 0. The minimum atomic E-state index is -0.549. The molecular formula is C20H14N6O. The highest BCUT2D eigenvalue weighted by Gasteiger charge is 2.12. The number of nitrogens with zero attached hydrogens (tertiary/aromatic N) is 4. The van der Waals surface area contributed by atoms with Crippen molar-refractivity contribution >= 4 is 12.2 Å². The number of H-pyrrole nitrogens is 1. The van der Waals surface area contributed by atoms with Crippen molar-refractivity contribution in [3.63, 3.8) is 0 Å². The van der Waals surface area contributed by atoms with Crippen molar-refractivity contribution in [3.8, 4) is 23.4 Å². The Morgan fingerprint density at radius 1 is 1.11 bits per heavy atom. The third-order valence-corrected chi connectivity index (χ3v) is 3.95. The molecule has 0 aliphatic rings. The van der Waals surface area contributed by atoms with E-state index in [2.05, 4.69) is 26.6 Å². The summed E-state index contributed by atoms with van der Waals surface area (Å²) in [5, 5.41) is 22.4. The third-order valence-electron chi connectivity index (χ3n) is 3.95. The number of hydrogen-bond acceptors (Lipinski definition) is 6. The molecule has 0 aliphatic carbocycles. The first kappa shape index (κ1) is 17.6. The zero-order valence-electron chi connectivity index (χ0n) is 14.4. The number of hydrazone groups is 1. The fourth-order valence-electron chi connectivity index (χ4n) is 2.51. The van der Waals surface area contributed by atoms with Crippen LogP contribution in [0.1, 0.15) is 22.3 Å². The van der Waals surface area contributed by atoms with Crippen molar-refractivity contribution in [2.75, 3.05) is 5.43 Å². The van der Waals surface area contributed by atoms with Gasteiger partial charge in [-0.3, -0.25) is 9.78 Å². The van der Waals surface area contributed by atoms with Crippen LogP contribution in [0.2, 0.25) is 0 Å². The Morgan fingerprint density at radius 2 is 1.89 bits per heavy atom. The van der Waals surface area contributed by atoms with Crippen molar-refractivity contribution in [3.05, 3.63) is 81.1 Å². The quantitative estimate of drug-likeness (QED) is 0.552. The van der Waals surface area contributed by atoms with E-state index in [0.29, 0.717) is 11.1 Å². The predicted octanol–water partition coefficient (Wildman–Crippen LogP) is 2.93. The molecule has 2 N–H and O–H groups in total. The molecule has 0 saturated heterocycles. The summed E-state index contributed by atoms with van der Waals surface area (Å²) in [6.45, 7) is 1.83. The zero-order valence-corrected chi connectivity index (χ0v) is 14.4. The first-order valence-corrected chi connectivity index (χ1v) is 8.02. The summed E-state index contributed by atoms with van der Waals surface area (Å²) in [6, 6.07) is 18.3. The molecule has 0 aliphatic heterocycles. The SMILES string of the molecule is Cc1c(C#N)cccc1C=NNc1nc(-c2ccccc2)c(C#N)c(=O)[nH]1. The van der Waals surface area contributed by atoms with E-state index in [0.717, 1.165) is 11.1 Å². The normalized spacial score (nSPS) is 10.3. The second-order valence-electron chi connectivity index (χ2n) is 5.62. The van der Waals surface area contributed by atoms with Crippen LogP contribution in [0.15, 0.2) is 58.4 Å². The molecule has 27 heavy (non-hydrogen) atoms. The lowest BCUT2D eigenvalue weighted by Gasteiger charge is -2.06. The van der Waals surface area contributed by atoms with E-state index in [1.807, 2.05) is 25.1 Å². The van der Waals surface area contributed by atoms with Crippen LogP contribution in [0.25, 0.3) is 11.3 Å². The van der Waals surface area contributed by atoms with Crippen molar-refractivity contribution in [1.29, 1.82) is 10.5 Å². The van der Waals surface area contributed by atoms with Gasteiger partial charge in [-0.05, 0) is 24.1 Å². The minimum absolute atomic E-state index is 0.0618. The fraction of sp³-hybridized carbons (Fsp3) is 0.0500. The van der Waals surface area contributed by atoms with Gasteiger partial charge in [0.2, 0.25) is 5.95 Å². The van der Waals surface area contributed by atoms with Crippen molar-refractivity contribution in [2.24, 2.45) is 5.10 Å². The van der Waals surface area contributed by atoms with Crippen LogP contribution < -0.4 is 11.0 Å². The Labute approximate surface area is 155 Å². The van der Waals surface area contributed by atoms with Gasteiger partial charge in [-0.1, -0.05) is 42.5 Å². The number of hydrogen-bond donors (Lipinski definition) is 2. The number of aromatic nitrogens is 2. The molecule has 1 aromatic heterocycles. The average Bonchev–Trinajstić information content (AvgIpc) is 2.69. The number of aromatic amines is 1. The van der Waals surface area contributed by atoms with E-state index >= 15 is 0 Å². The Morgan fingerprint density at radius 3 is 2.59 bits per heavy atom. The minimum Gasteiger partial charge on any atom is -0.290 e. The highest BCUT2D eigenvalue weighted by molar-refractivity contribution is 5.83. The number of nitrogens with one attached hydrogen (secondary N) is 2. The maximum Gasteiger partial charge on any atom is 0.270 e. The standard InChI is InChI=1S/C20H14N6O/c1-13-15(10-21)8-5-9-16(13)12-23-26-20-24-18(14-6-3-2-4-7-14)17(11-22)19(27)25-20/h2-9,12H,1H3,(H2,24,25,26,27). The van der Waals surface area contributed by atoms with Crippen LogP contribution in [0.4, 0.5) is 5.95 Å². The van der Waals surface area contributed by atoms with Gasteiger partial charge in [0.15, 0.2) is 0 Å². The number of rotatable bonds is 4. The molecule has 0 bridgehead atoms. The average molecular weight is 354 g/mol. The first-order valence-electron chi connectivity index (χ1n) is 8.02. The summed E-state index contributed by atoms with van der Waals surface area (Å²) >= 11 is 0. The van der Waals surface area contributed by atoms with Crippen LogP contribution in [-0.2, 0) is 0 Å². The number of anilines is 1. The van der Waals surface area contributed by atoms with Crippen LogP contribution in [0.5, 0.6) is 0 Å². The summed E-state index contributed by atoms with van der Waals surface area (Å²) in [6.07, 6.45) is 1.54. The Kier molecular flexibility index (Phi) is 5.06. The molecule has 0 unspecified atom stereocenters. The molecule has 0 radical (unpaired) electrons. The first-order chi connectivity index (χ1) is 13.1. The maximum atomic E-state index is 12.2. The molecule has 3 rings (SSSR count). The second kappa shape index (κ2) is 7.77. The fourth-order valence-corrected chi connectivity index (χ4v) is 2.51. The molecule has 0 atom stereocenters. The summed E-state index contributed by atoms with van der Waals surface area (Å²) in [5.41, 5.74) is 5.13. The smallest absolute Gasteiger partial charge is 0.270 e. The molecular weight excluding hydrogens is 340 g/mol.